The number of anilines is 1. The smallest absolute Gasteiger partial charge is 0.239 e. The Balaban J connectivity index is 1.76. The zero-order chi connectivity index (χ0) is 21.5. The monoisotopic (exact) mass is 440 g/mol. The first-order chi connectivity index (χ1) is 14.6. The van der Waals surface area contributed by atoms with Crippen LogP contribution in [0.15, 0.2) is 35.4 Å². The summed E-state index contributed by atoms with van der Waals surface area (Å²) in [5.74, 6) is 0.647. The Morgan fingerprint density at radius 2 is 2.10 bits per heavy atom. The summed E-state index contributed by atoms with van der Waals surface area (Å²) < 4.78 is 6.49. The molecule has 1 unspecified atom stereocenters. The molecule has 0 radical (unpaired) electrons. The zero-order valence-electron chi connectivity index (χ0n) is 17.3. The molecule has 0 aliphatic heterocycles. The van der Waals surface area contributed by atoms with Crippen LogP contribution in [0.1, 0.15) is 44.9 Å². The number of aromatic nitrogens is 2. The van der Waals surface area contributed by atoms with E-state index in [4.69, 9.17) is 4.74 Å². The van der Waals surface area contributed by atoms with Crippen LogP contribution in [0, 0.1) is 11.3 Å². The minimum absolute atomic E-state index is 0.141. The fourth-order valence-electron chi connectivity index (χ4n) is 2.91. The third-order valence-electron chi connectivity index (χ3n) is 4.36. The van der Waals surface area contributed by atoms with Crippen LogP contribution in [-0.2, 0) is 11.2 Å². The molecule has 156 valence electrons. The fourth-order valence-corrected chi connectivity index (χ4v) is 4.82. The Bertz CT molecular complexity index is 1070. The van der Waals surface area contributed by atoms with Gasteiger partial charge in [0.1, 0.15) is 16.8 Å². The Morgan fingerprint density at radius 1 is 1.27 bits per heavy atom. The number of nitrogens with one attached hydrogen (secondary N) is 1. The maximum atomic E-state index is 12.9. The van der Waals surface area contributed by atoms with Gasteiger partial charge in [-0.15, -0.1) is 0 Å². The third-order valence-corrected chi connectivity index (χ3v) is 6.66. The van der Waals surface area contributed by atoms with E-state index in [1.54, 1.807) is 6.07 Å². The SMILES string of the molecule is CCCc1ccc(C#N)c(SC(CC)C(=O)Nc2nc3ccc(OCC)cc3s2)n1. The maximum absolute atomic E-state index is 12.9. The van der Waals surface area contributed by atoms with Gasteiger partial charge in [-0.2, -0.15) is 5.26 Å². The average Bonchev–Trinajstić information content (AvgIpc) is 3.14. The number of pyridine rings is 1. The molecule has 0 saturated carbocycles. The van der Waals surface area contributed by atoms with E-state index >= 15 is 0 Å². The number of fused-ring (bicyclic) bond motifs is 1. The number of thiazole rings is 1. The van der Waals surface area contributed by atoms with E-state index < -0.39 is 0 Å². The van der Waals surface area contributed by atoms with Gasteiger partial charge < -0.3 is 10.1 Å². The van der Waals surface area contributed by atoms with Crippen molar-refractivity contribution >= 4 is 44.4 Å². The molecule has 0 saturated heterocycles. The highest BCUT2D eigenvalue weighted by Crippen LogP contribution is 2.31. The Kier molecular flexibility index (Phi) is 7.66. The minimum Gasteiger partial charge on any atom is -0.494 e. The molecule has 30 heavy (non-hydrogen) atoms. The lowest BCUT2D eigenvalue weighted by Gasteiger charge is -2.14. The highest BCUT2D eigenvalue weighted by molar-refractivity contribution is 8.00. The molecule has 1 N–H and O–H groups in total. The van der Waals surface area contributed by atoms with Gasteiger partial charge >= 0.3 is 0 Å². The minimum atomic E-state index is -0.368. The van der Waals surface area contributed by atoms with Gasteiger partial charge in [0.15, 0.2) is 5.13 Å². The number of ether oxygens (including phenoxy) is 1. The second-order valence-corrected chi connectivity index (χ2v) is 8.82. The van der Waals surface area contributed by atoms with Gasteiger partial charge in [-0.05, 0) is 50.1 Å². The van der Waals surface area contributed by atoms with Crippen molar-refractivity contribution in [3.05, 3.63) is 41.6 Å². The van der Waals surface area contributed by atoms with Crippen molar-refractivity contribution in [1.82, 2.24) is 9.97 Å². The van der Waals surface area contributed by atoms with Crippen LogP contribution in [0.3, 0.4) is 0 Å². The van der Waals surface area contributed by atoms with Gasteiger partial charge in [-0.3, -0.25) is 4.79 Å². The molecule has 6 nitrogen and oxygen atoms in total. The number of amides is 1. The van der Waals surface area contributed by atoms with E-state index in [2.05, 4.69) is 28.3 Å². The number of thioether (sulfide) groups is 1. The number of nitriles is 1. The number of hydrogen-bond acceptors (Lipinski definition) is 7. The van der Waals surface area contributed by atoms with Crippen molar-refractivity contribution in [3.8, 4) is 11.8 Å². The lowest BCUT2D eigenvalue weighted by molar-refractivity contribution is -0.115. The van der Waals surface area contributed by atoms with Gasteiger partial charge in [0, 0.05) is 5.69 Å². The van der Waals surface area contributed by atoms with Gasteiger partial charge in [0.25, 0.3) is 0 Å². The number of carbonyl (C=O) groups excluding carboxylic acids is 1. The first-order valence-corrected chi connectivity index (χ1v) is 11.7. The predicted molar refractivity (Wildman–Crippen MR) is 122 cm³/mol. The van der Waals surface area contributed by atoms with E-state index in [9.17, 15) is 10.1 Å². The molecule has 3 aromatic rings. The number of carbonyl (C=O) groups is 1. The highest BCUT2D eigenvalue weighted by Gasteiger charge is 2.22. The van der Waals surface area contributed by atoms with Crippen LogP contribution in [0.4, 0.5) is 5.13 Å². The Labute approximate surface area is 184 Å². The summed E-state index contributed by atoms with van der Waals surface area (Å²) in [6, 6.07) is 11.5. The molecule has 8 heteroatoms. The van der Waals surface area contributed by atoms with Crippen LogP contribution >= 0.6 is 23.1 Å². The quantitative estimate of drug-likeness (QED) is 0.447. The van der Waals surface area contributed by atoms with Crippen LogP contribution in [0.25, 0.3) is 10.2 Å². The van der Waals surface area contributed by atoms with E-state index in [1.165, 1.54) is 23.1 Å². The van der Waals surface area contributed by atoms with Crippen LogP contribution in [0.2, 0.25) is 0 Å². The van der Waals surface area contributed by atoms with Gasteiger partial charge in [-0.25, -0.2) is 9.97 Å². The number of benzene rings is 1. The topological polar surface area (TPSA) is 87.9 Å². The van der Waals surface area contributed by atoms with Crippen LogP contribution < -0.4 is 10.1 Å². The van der Waals surface area contributed by atoms with Crippen molar-refractivity contribution < 1.29 is 9.53 Å². The molecule has 0 aliphatic rings. The molecular weight excluding hydrogens is 416 g/mol. The molecule has 1 aromatic carbocycles. The van der Waals surface area contributed by atoms with Crippen molar-refractivity contribution in [1.29, 1.82) is 5.26 Å². The van der Waals surface area contributed by atoms with Crippen LogP contribution in [0.5, 0.6) is 5.75 Å². The standard InChI is InChI=1S/C22H24N4O2S2/c1-4-7-15-9-8-14(13-23)21(24-15)29-18(5-2)20(27)26-22-25-17-11-10-16(28-6-3)12-19(17)30-22/h8-12,18H,4-7H2,1-3H3,(H,25,26,27). The molecule has 1 atom stereocenters. The van der Waals surface area contributed by atoms with Crippen molar-refractivity contribution in [2.45, 2.75) is 50.3 Å². The lowest BCUT2D eigenvalue weighted by atomic mass is 10.2. The molecule has 1 amide bonds. The number of nitrogens with zero attached hydrogens (tertiary/aromatic N) is 3. The maximum Gasteiger partial charge on any atom is 0.239 e. The molecule has 0 aliphatic carbocycles. The Hall–Kier alpha value is -2.63. The largest absolute Gasteiger partial charge is 0.494 e. The number of hydrogen-bond donors (Lipinski definition) is 1. The molecule has 2 aromatic heterocycles. The normalized spacial score (nSPS) is 11.8. The summed E-state index contributed by atoms with van der Waals surface area (Å²) in [6.07, 6.45) is 2.43. The zero-order valence-corrected chi connectivity index (χ0v) is 18.9. The van der Waals surface area contributed by atoms with E-state index in [1.807, 2.05) is 38.1 Å². The summed E-state index contributed by atoms with van der Waals surface area (Å²) in [5, 5.41) is 13.1. The second kappa shape index (κ2) is 10.4. The molecule has 0 spiro atoms. The van der Waals surface area contributed by atoms with Crippen molar-refractivity contribution in [3.63, 3.8) is 0 Å². The van der Waals surface area contributed by atoms with Crippen LogP contribution in [-0.4, -0.2) is 27.7 Å². The first-order valence-electron chi connectivity index (χ1n) is 9.98. The van der Waals surface area contributed by atoms with Gasteiger partial charge in [-0.1, -0.05) is 43.4 Å². The number of rotatable bonds is 9. The van der Waals surface area contributed by atoms with E-state index in [0.29, 0.717) is 28.7 Å². The Morgan fingerprint density at radius 3 is 2.80 bits per heavy atom. The highest BCUT2D eigenvalue weighted by atomic mass is 32.2. The lowest BCUT2D eigenvalue weighted by Crippen LogP contribution is -2.24. The summed E-state index contributed by atoms with van der Waals surface area (Å²) in [5.41, 5.74) is 2.25. The predicted octanol–water partition coefficient (Wildman–Crippen LogP) is 5.42. The summed E-state index contributed by atoms with van der Waals surface area (Å²) in [7, 11) is 0. The molecule has 2 heterocycles. The number of aryl methyl sites for hydroxylation is 1. The van der Waals surface area contributed by atoms with E-state index in [-0.39, 0.29) is 11.2 Å². The molecule has 0 bridgehead atoms. The summed E-state index contributed by atoms with van der Waals surface area (Å²) >= 11 is 2.75. The van der Waals surface area contributed by atoms with Gasteiger partial charge in [0.05, 0.1) is 27.6 Å². The molecular formula is C22H24N4O2S2. The molecule has 0 fully saturated rings. The van der Waals surface area contributed by atoms with Crippen molar-refractivity contribution in [2.75, 3.05) is 11.9 Å². The summed E-state index contributed by atoms with van der Waals surface area (Å²) in [4.78, 5) is 22.0. The van der Waals surface area contributed by atoms with Gasteiger partial charge in [0.2, 0.25) is 5.91 Å². The third kappa shape index (κ3) is 5.29. The van der Waals surface area contributed by atoms with Crippen molar-refractivity contribution in [2.24, 2.45) is 0 Å². The second-order valence-electron chi connectivity index (χ2n) is 6.60. The average molecular weight is 441 g/mol. The first kappa shape index (κ1) is 22.1. The summed E-state index contributed by atoms with van der Waals surface area (Å²) in [6.45, 7) is 6.58. The molecule has 3 rings (SSSR count). The van der Waals surface area contributed by atoms with E-state index in [0.717, 1.165) is 34.5 Å². The fraction of sp³-hybridized carbons (Fsp3) is 0.364.